The van der Waals surface area contributed by atoms with E-state index in [-0.39, 0.29) is 6.61 Å². The summed E-state index contributed by atoms with van der Waals surface area (Å²) in [5, 5.41) is 6.57. The van der Waals surface area contributed by atoms with Crippen LogP contribution in [0, 0.1) is 0 Å². The van der Waals surface area contributed by atoms with Gasteiger partial charge in [-0.25, -0.2) is 0 Å². The smallest absolute Gasteiger partial charge is 0.327 e. The molecule has 0 fully saturated rings. The van der Waals surface area contributed by atoms with Crippen molar-refractivity contribution in [1.82, 2.24) is 0 Å². The number of esters is 1. The van der Waals surface area contributed by atoms with Crippen LogP contribution in [-0.2, 0) is 24.4 Å². The third kappa shape index (κ3) is 17.7. The van der Waals surface area contributed by atoms with Crippen molar-refractivity contribution in [3.63, 3.8) is 0 Å². The van der Waals surface area contributed by atoms with E-state index in [1.165, 1.54) is 77.0 Å². The number of rotatable bonds is 21. The largest absolute Gasteiger partial charge is 0.481 e. The molecule has 2 N–H and O–H groups in total. The molecule has 0 saturated heterocycles. The first kappa shape index (κ1) is 28.9. The Morgan fingerprint density at radius 3 is 1.43 bits per heavy atom. The molecule has 0 aliphatic rings. The van der Waals surface area contributed by atoms with Gasteiger partial charge in [-0.05, 0) is 6.42 Å². The first-order valence-electron chi connectivity index (χ1n) is 11.6. The molecule has 1 atom stereocenters. The van der Waals surface area contributed by atoms with Crippen LogP contribution in [0.15, 0.2) is 0 Å². The summed E-state index contributed by atoms with van der Waals surface area (Å²) < 4.78 is 35.9. The van der Waals surface area contributed by atoms with Gasteiger partial charge >= 0.3 is 11.9 Å². The molecule has 0 bridgehead atoms. The van der Waals surface area contributed by atoms with Crippen molar-refractivity contribution in [2.45, 2.75) is 121 Å². The van der Waals surface area contributed by atoms with Gasteiger partial charge in [-0.3, -0.25) is 14.1 Å². The van der Waals surface area contributed by atoms with Crippen molar-refractivity contribution >= 4 is 22.1 Å². The highest BCUT2D eigenvalue weighted by Crippen LogP contribution is 2.14. The van der Waals surface area contributed by atoms with E-state index >= 15 is 0 Å². The van der Waals surface area contributed by atoms with Crippen LogP contribution in [-0.4, -0.2) is 41.9 Å². The number of hydrogen-bond acceptors (Lipinski definition) is 5. The lowest BCUT2D eigenvalue weighted by molar-refractivity contribution is -0.147. The quantitative estimate of drug-likeness (QED) is 0.134. The molecule has 0 radical (unpaired) electrons. The summed E-state index contributed by atoms with van der Waals surface area (Å²) in [4.78, 5) is 22.3. The van der Waals surface area contributed by atoms with Crippen molar-refractivity contribution < 1.29 is 32.4 Å². The lowest BCUT2D eigenvalue weighted by atomic mass is 10.0. The molecule has 0 aromatic carbocycles. The van der Waals surface area contributed by atoms with Gasteiger partial charge in [-0.1, -0.05) is 103 Å². The van der Waals surface area contributed by atoms with Crippen LogP contribution >= 0.6 is 0 Å². The van der Waals surface area contributed by atoms with Gasteiger partial charge in [0, 0.05) is 0 Å². The van der Waals surface area contributed by atoms with Crippen molar-refractivity contribution in [3.05, 3.63) is 0 Å². The minimum atomic E-state index is -4.79. The molecule has 0 aromatic rings. The maximum Gasteiger partial charge on any atom is 0.327 e. The fraction of sp³-hybridized carbons (Fsp3) is 0.909. The molecular weight excluding hydrogens is 408 g/mol. The van der Waals surface area contributed by atoms with E-state index in [4.69, 9.17) is 14.4 Å². The van der Waals surface area contributed by atoms with Gasteiger partial charge in [-0.15, -0.1) is 0 Å². The number of carbonyl (C=O) groups is 2. The maximum absolute atomic E-state index is 11.7. The number of ether oxygens (including phenoxy) is 1. The molecule has 30 heavy (non-hydrogen) atoms. The summed E-state index contributed by atoms with van der Waals surface area (Å²) in [5.41, 5.74) is 0. The first-order valence-corrected chi connectivity index (χ1v) is 13.1. The van der Waals surface area contributed by atoms with Crippen LogP contribution < -0.4 is 0 Å². The predicted octanol–water partition coefficient (Wildman–Crippen LogP) is 5.52. The zero-order valence-corrected chi connectivity index (χ0v) is 19.5. The number of carbonyl (C=O) groups excluding carboxylic acids is 1. The van der Waals surface area contributed by atoms with E-state index in [0.717, 1.165) is 19.3 Å². The van der Waals surface area contributed by atoms with Gasteiger partial charge in [0.2, 0.25) is 0 Å². The Balaban J connectivity index is 3.49. The number of carboxylic acids is 1. The second-order valence-corrected chi connectivity index (χ2v) is 9.67. The Bertz CT molecular complexity index is 546. The molecule has 0 aliphatic heterocycles. The van der Waals surface area contributed by atoms with Crippen molar-refractivity contribution in [2.75, 3.05) is 6.61 Å². The van der Waals surface area contributed by atoms with Gasteiger partial charge in [0.1, 0.15) is 0 Å². The topological polar surface area (TPSA) is 118 Å². The molecule has 0 unspecified atom stereocenters. The summed E-state index contributed by atoms with van der Waals surface area (Å²) in [6, 6.07) is 0. The molecule has 0 saturated carbocycles. The summed E-state index contributed by atoms with van der Waals surface area (Å²) in [7, 11) is -4.79. The first-order chi connectivity index (χ1) is 14.3. The van der Waals surface area contributed by atoms with Gasteiger partial charge in [0.15, 0.2) is 5.25 Å². The number of carboxylic acid groups (broad SMARTS) is 1. The lowest BCUT2D eigenvalue weighted by Gasteiger charge is -2.11. The Morgan fingerprint density at radius 1 is 0.733 bits per heavy atom. The van der Waals surface area contributed by atoms with Crippen molar-refractivity contribution in [2.24, 2.45) is 0 Å². The van der Waals surface area contributed by atoms with Crippen LogP contribution in [0.3, 0.4) is 0 Å². The summed E-state index contributed by atoms with van der Waals surface area (Å²) in [6.45, 7) is 2.27. The number of aliphatic carboxylic acids is 1. The lowest BCUT2D eigenvalue weighted by Crippen LogP contribution is -2.34. The Kier molecular flexibility index (Phi) is 17.9. The molecule has 0 heterocycles. The molecule has 0 aliphatic carbocycles. The highest BCUT2D eigenvalue weighted by molar-refractivity contribution is 7.87. The van der Waals surface area contributed by atoms with Crippen LogP contribution in [0.4, 0.5) is 0 Å². The van der Waals surface area contributed by atoms with Crippen LogP contribution in [0.5, 0.6) is 0 Å². The molecule has 8 heteroatoms. The van der Waals surface area contributed by atoms with E-state index in [0.29, 0.717) is 6.42 Å². The summed E-state index contributed by atoms with van der Waals surface area (Å²) in [5.74, 6) is -2.70. The molecule has 7 nitrogen and oxygen atoms in total. The van der Waals surface area contributed by atoms with Crippen LogP contribution in [0.2, 0.25) is 0 Å². The highest BCUT2D eigenvalue weighted by Gasteiger charge is 2.34. The van der Waals surface area contributed by atoms with Gasteiger partial charge in [0.25, 0.3) is 10.1 Å². The molecule has 0 aromatic heterocycles. The fourth-order valence-corrected chi connectivity index (χ4v) is 4.05. The average molecular weight is 451 g/mol. The van der Waals surface area contributed by atoms with Crippen LogP contribution in [0.25, 0.3) is 0 Å². The Labute approximate surface area is 182 Å². The monoisotopic (exact) mass is 450 g/mol. The Morgan fingerprint density at radius 2 is 1.10 bits per heavy atom. The van der Waals surface area contributed by atoms with E-state index < -0.39 is 33.7 Å². The number of hydrogen-bond donors (Lipinski definition) is 2. The molecule has 0 rings (SSSR count). The SMILES string of the molecule is CCCCCCCCCCCCCCCCCCOC(=O)[C@@H](CC(=O)O)S(=O)(=O)O. The summed E-state index contributed by atoms with van der Waals surface area (Å²) >= 11 is 0. The third-order valence-corrected chi connectivity index (χ3v) is 6.30. The van der Waals surface area contributed by atoms with E-state index in [9.17, 15) is 18.0 Å². The van der Waals surface area contributed by atoms with E-state index in [1.54, 1.807) is 0 Å². The van der Waals surface area contributed by atoms with Crippen molar-refractivity contribution in [3.8, 4) is 0 Å². The normalized spacial score (nSPS) is 12.6. The average Bonchev–Trinajstić information content (AvgIpc) is 2.67. The van der Waals surface area contributed by atoms with Crippen LogP contribution in [0.1, 0.15) is 116 Å². The molecule has 0 spiro atoms. The maximum atomic E-state index is 11.7. The highest BCUT2D eigenvalue weighted by atomic mass is 32.2. The fourth-order valence-electron chi connectivity index (χ4n) is 3.38. The second kappa shape index (κ2) is 18.6. The summed E-state index contributed by atoms with van der Waals surface area (Å²) in [6.07, 6.45) is 18.5. The molecular formula is C22H42O7S. The second-order valence-electron chi connectivity index (χ2n) is 8.07. The van der Waals surface area contributed by atoms with Gasteiger partial charge in [-0.2, -0.15) is 8.42 Å². The van der Waals surface area contributed by atoms with Gasteiger partial charge < -0.3 is 9.84 Å². The Hall–Kier alpha value is -1.15. The van der Waals surface area contributed by atoms with E-state index in [2.05, 4.69) is 6.92 Å². The minimum absolute atomic E-state index is 0.0307. The standard InChI is InChI=1S/C22H42O7S/c1-2-3-4-5-6-7-8-9-10-11-12-13-14-15-16-17-18-29-22(25)20(19-21(23)24)30(26,27)28/h20H,2-19H2,1H3,(H,23,24)(H,26,27,28)/t20-/m1/s1. The zero-order chi connectivity index (χ0) is 22.7. The van der Waals surface area contributed by atoms with E-state index in [1.807, 2.05) is 0 Å². The minimum Gasteiger partial charge on any atom is -0.481 e. The van der Waals surface area contributed by atoms with Crippen molar-refractivity contribution in [1.29, 1.82) is 0 Å². The third-order valence-electron chi connectivity index (χ3n) is 5.22. The predicted molar refractivity (Wildman–Crippen MR) is 118 cm³/mol. The molecule has 0 amide bonds. The van der Waals surface area contributed by atoms with Gasteiger partial charge in [0.05, 0.1) is 13.0 Å². The molecule has 178 valence electrons. The number of unbranched alkanes of at least 4 members (excludes halogenated alkanes) is 15. The zero-order valence-electron chi connectivity index (χ0n) is 18.6.